The molecular formula is C22H17ClF2N2O3S. The third-order valence-electron chi connectivity index (χ3n) is 4.28. The number of hydrogen-bond acceptors (Lipinski definition) is 3. The quantitative estimate of drug-likeness (QED) is 0.487. The molecule has 0 aliphatic rings. The van der Waals surface area contributed by atoms with Gasteiger partial charge in [0.2, 0.25) is 0 Å². The zero-order valence-corrected chi connectivity index (χ0v) is 17.6. The van der Waals surface area contributed by atoms with Crippen molar-refractivity contribution in [1.82, 2.24) is 0 Å². The van der Waals surface area contributed by atoms with Gasteiger partial charge in [0, 0.05) is 11.6 Å². The molecule has 160 valence electrons. The van der Waals surface area contributed by atoms with Crippen LogP contribution in [0.2, 0.25) is 5.02 Å². The van der Waals surface area contributed by atoms with E-state index in [0.717, 1.165) is 28.6 Å². The summed E-state index contributed by atoms with van der Waals surface area (Å²) in [7, 11) is -4.12. The van der Waals surface area contributed by atoms with Gasteiger partial charge in [0.1, 0.15) is 11.6 Å². The number of benzene rings is 3. The zero-order valence-electron chi connectivity index (χ0n) is 16.1. The predicted octanol–water partition coefficient (Wildman–Crippen LogP) is 5.25. The Morgan fingerprint density at radius 1 is 1.06 bits per heavy atom. The molecular weight excluding hydrogens is 446 g/mol. The lowest BCUT2D eigenvalue weighted by Gasteiger charge is -2.24. The van der Waals surface area contributed by atoms with E-state index in [1.807, 2.05) is 0 Å². The highest BCUT2D eigenvalue weighted by atomic mass is 35.5. The fraction of sp³-hybridized carbons (Fsp3) is 0.0455. The van der Waals surface area contributed by atoms with Crippen LogP contribution in [0.3, 0.4) is 0 Å². The van der Waals surface area contributed by atoms with E-state index in [4.69, 9.17) is 11.6 Å². The number of nitrogens with zero attached hydrogens (tertiary/aromatic N) is 1. The summed E-state index contributed by atoms with van der Waals surface area (Å²) in [6, 6.07) is 14.2. The minimum absolute atomic E-state index is 0.0533. The summed E-state index contributed by atoms with van der Waals surface area (Å²) in [6.45, 7) is 3.53. The van der Waals surface area contributed by atoms with Crippen molar-refractivity contribution < 1.29 is 22.0 Å². The number of halogens is 3. The molecule has 9 heteroatoms. The summed E-state index contributed by atoms with van der Waals surface area (Å²) in [4.78, 5) is 12.4. The largest absolute Gasteiger partial charge is 0.319 e. The second-order valence-corrected chi connectivity index (χ2v) is 8.65. The van der Waals surface area contributed by atoms with Crippen LogP contribution in [0.5, 0.6) is 0 Å². The van der Waals surface area contributed by atoms with Crippen LogP contribution < -0.4 is 9.62 Å². The third-order valence-corrected chi connectivity index (χ3v) is 6.37. The highest BCUT2D eigenvalue weighted by Crippen LogP contribution is 2.30. The van der Waals surface area contributed by atoms with Gasteiger partial charge in [-0.05, 0) is 42.5 Å². The van der Waals surface area contributed by atoms with Gasteiger partial charge in [-0.2, -0.15) is 0 Å². The number of para-hydroxylation sites is 1. The van der Waals surface area contributed by atoms with Crippen LogP contribution in [0.25, 0.3) is 0 Å². The Labute approximate surface area is 183 Å². The van der Waals surface area contributed by atoms with Crippen LogP contribution >= 0.6 is 11.6 Å². The van der Waals surface area contributed by atoms with Crippen molar-refractivity contribution in [3.63, 3.8) is 0 Å². The molecule has 1 N–H and O–H groups in total. The van der Waals surface area contributed by atoms with Crippen molar-refractivity contribution in [3.05, 3.63) is 102 Å². The van der Waals surface area contributed by atoms with Crippen LogP contribution in [0.15, 0.2) is 84.3 Å². The standard InChI is InChI=1S/C22H17ClF2N2O3S/c1-2-12-27(21-9-4-3-8-18(21)23)31(29,30)17-7-5-6-15(13-17)22(28)26-20-14-16(24)10-11-19(20)25/h2-11,13-14H,1,12H2,(H,26,28). The molecule has 0 heterocycles. The van der Waals surface area contributed by atoms with Crippen molar-refractivity contribution in [2.45, 2.75) is 4.90 Å². The van der Waals surface area contributed by atoms with E-state index in [1.165, 1.54) is 24.3 Å². The van der Waals surface area contributed by atoms with Gasteiger partial charge in [0.25, 0.3) is 15.9 Å². The Morgan fingerprint density at radius 3 is 2.52 bits per heavy atom. The van der Waals surface area contributed by atoms with Crippen molar-refractivity contribution in [1.29, 1.82) is 0 Å². The van der Waals surface area contributed by atoms with Gasteiger partial charge in [0.15, 0.2) is 0 Å². The average molecular weight is 463 g/mol. The molecule has 0 saturated carbocycles. The molecule has 0 radical (unpaired) electrons. The van der Waals surface area contributed by atoms with Gasteiger partial charge in [0.05, 0.1) is 27.8 Å². The number of amides is 1. The van der Waals surface area contributed by atoms with E-state index in [-0.39, 0.29) is 33.4 Å². The van der Waals surface area contributed by atoms with Crippen LogP contribution in [0, 0.1) is 11.6 Å². The summed E-state index contributed by atoms with van der Waals surface area (Å²) in [5, 5.41) is 2.47. The van der Waals surface area contributed by atoms with Crippen LogP contribution in [0.1, 0.15) is 10.4 Å². The maximum Gasteiger partial charge on any atom is 0.264 e. The minimum atomic E-state index is -4.12. The Balaban J connectivity index is 1.97. The fourth-order valence-electron chi connectivity index (χ4n) is 2.81. The smallest absolute Gasteiger partial charge is 0.264 e. The van der Waals surface area contributed by atoms with Crippen LogP contribution in [-0.4, -0.2) is 20.9 Å². The van der Waals surface area contributed by atoms with Crippen molar-refractivity contribution in [2.24, 2.45) is 0 Å². The Bertz CT molecular complexity index is 1250. The molecule has 5 nitrogen and oxygen atoms in total. The lowest BCUT2D eigenvalue weighted by molar-refractivity contribution is 0.102. The molecule has 0 saturated heterocycles. The number of nitrogens with one attached hydrogen (secondary N) is 1. The Hall–Kier alpha value is -3.23. The predicted molar refractivity (Wildman–Crippen MR) is 117 cm³/mol. The minimum Gasteiger partial charge on any atom is -0.319 e. The van der Waals surface area contributed by atoms with Crippen LogP contribution in [-0.2, 0) is 10.0 Å². The Morgan fingerprint density at radius 2 is 1.81 bits per heavy atom. The number of anilines is 2. The zero-order chi connectivity index (χ0) is 22.6. The lowest BCUT2D eigenvalue weighted by Crippen LogP contribution is -2.31. The van der Waals surface area contributed by atoms with Gasteiger partial charge < -0.3 is 5.32 Å². The monoisotopic (exact) mass is 462 g/mol. The molecule has 0 bridgehead atoms. The number of rotatable bonds is 7. The molecule has 3 rings (SSSR count). The van der Waals surface area contributed by atoms with Gasteiger partial charge >= 0.3 is 0 Å². The maximum atomic E-state index is 13.8. The molecule has 31 heavy (non-hydrogen) atoms. The topological polar surface area (TPSA) is 66.5 Å². The number of carbonyl (C=O) groups is 1. The van der Waals surface area contributed by atoms with Gasteiger partial charge in [-0.15, -0.1) is 6.58 Å². The van der Waals surface area contributed by atoms with Crippen LogP contribution in [0.4, 0.5) is 20.2 Å². The molecule has 3 aromatic rings. The first-order valence-corrected chi connectivity index (χ1v) is 10.8. The van der Waals surface area contributed by atoms with Gasteiger partial charge in [-0.3, -0.25) is 9.10 Å². The summed E-state index contributed by atoms with van der Waals surface area (Å²) in [5.74, 6) is -2.35. The van der Waals surface area contributed by atoms with E-state index in [9.17, 15) is 22.0 Å². The van der Waals surface area contributed by atoms with Crippen molar-refractivity contribution >= 4 is 38.9 Å². The first-order valence-electron chi connectivity index (χ1n) is 8.98. The highest BCUT2D eigenvalue weighted by molar-refractivity contribution is 7.92. The third kappa shape index (κ3) is 4.92. The SMILES string of the molecule is C=CCN(c1ccccc1Cl)S(=O)(=O)c1cccc(C(=O)Nc2cc(F)ccc2F)c1. The summed E-state index contributed by atoms with van der Waals surface area (Å²) in [6.07, 6.45) is 1.41. The van der Waals surface area contributed by atoms with Gasteiger partial charge in [-0.25, -0.2) is 17.2 Å². The molecule has 0 aliphatic heterocycles. The van der Waals surface area contributed by atoms with E-state index >= 15 is 0 Å². The molecule has 0 aliphatic carbocycles. The van der Waals surface area contributed by atoms with E-state index < -0.39 is 27.6 Å². The second kappa shape index (κ2) is 9.28. The van der Waals surface area contributed by atoms with E-state index in [1.54, 1.807) is 24.3 Å². The average Bonchev–Trinajstić information content (AvgIpc) is 2.75. The molecule has 0 fully saturated rings. The number of carbonyl (C=O) groups excluding carboxylic acids is 1. The molecule has 0 atom stereocenters. The molecule has 0 spiro atoms. The molecule has 0 unspecified atom stereocenters. The van der Waals surface area contributed by atoms with Crippen molar-refractivity contribution in [3.8, 4) is 0 Å². The summed E-state index contributed by atoms with van der Waals surface area (Å²) in [5.41, 5.74) is -0.161. The first-order chi connectivity index (χ1) is 14.7. The van der Waals surface area contributed by atoms with Crippen molar-refractivity contribution in [2.75, 3.05) is 16.2 Å². The normalized spacial score (nSPS) is 11.1. The Kier molecular flexibility index (Phi) is 6.72. The fourth-order valence-corrected chi connectivity index (χ4v) is 4.60. The first kappa shape index (κ1) is 22.5. The summed E-state index contributed by atoms with van der Waals surface area (Å²) < 4.78 is 54.8. The maximum absolute atomic E-state index is 13.8. The molecule has 0 aromatic heterocycles. The number of sulfonamides is 1. The van der Waals surface area contributed by atoms with Gasteiger partial charge in [-0.1, -0.05) is 35.9 Å². The molecule has 1 amide bonds. The number of hydrogen-bond donors (Lipinski definition) is 1. The highest BCUT2D eigenvalue weighted by Gasteiger charge is 2.26. The van der Waals surface area contributed by atoms with E-state index in [0.29, 0.717) is 0 Å². The molecule has 3 aromatic carbocycles. The summed E-state index contributed by atoms with van der Waals surface area (Å²) >= 11 is 6.18. The van der Waals surface area contributed by atoms with E-state index in [2.05, 4.69) is 11.9 Å². The lowest BCUT2D eigenvalue weighted by atomic mass is 10.2. The second-order valence-electron chi connectivity index (χ2n) is 6.38.